The molecular weight excluding hydrogens is 234 g/mol. The van der Waals surface area contributed by atoms with E-state index in [1.54, 1.807) is 0 Å². The molecule has 2 heterocycles. The molecule has 0 radical (unpaired) electrons. The summed E-state index contributed by atoms with van der Waals surface area (Å²) >= 11 is 0. The van der Waals surface area contributed by atoms with E-state index in [0.717, 1.165) is 13.1 Å². The second-order valence-electron chi connectivity index (χ2n) is 6.32. The van der Waals surface area contributed by atoms with Crippen LogP contribution in [0, 0.1) is 6.92 Å². The van der Waals surface area contributed by atoms with Crippen molar-refractivity contribution in [2.24, 2.45) is 0 Å². The zero-order valence-electron chi connectivity index (χ0n) is 12.0. The molecule has 0 saturated carbocycles. The van der Waals surface area contributed by atoms with Gasteiger partial charge in [0.2, 0.25) is 0 Å². The van der Waals surface area contributed by atoms with Crippen molar-refractivity contribution >= 4 is 10.9 Å². The Balaban J connectivity index is 1.74. The van der Waals surface area contributed by atoms with Crippen LogP contribution in [0.3, 0.4) is 0 Å². The lowest BCUT2D eigenvalue weighted by Crippen LogP contribution is -2.31. The minimum absolute atomic E-state index is 0.271. The van der Waals surface area contributed by atoms with Gasteiger partial charge in [0.25, 0.3) is 0 Å². The van der Waals surface area contributed by atoms with Gasteiger partial charge in [0, 0.05) is 41.3 Å². The molecule has 3 N–H and O–H groups in total. The Hall–Kier alpha value is -1.32. The van der Waals surface area contributed by atoms with Gasteiger partial charge in [0.15, 0.2) is 0 Å². The first kappa shape index (κ1) is 12.7. The lowest BCUT2D eigenvalue weighted by Gasteiger charge is -2.17. The van der Waals surface area contributed by atoms with Crippen LogP contribution in [0.4, 0.5) is 0 Å². The average Bonchev–Trinajstić information content (AvgIpc) is 2.86. The number of nitrogens with one attached hydrogen (secondary N) is 3. The van der Waals surface area contributed by atoms with E-state index in [0.29, 0.717) is 6.04 Å². The third-order valence-electron chi connectivity index (χ3n) is 4.18. The monoisotopic (exact) mass is 257 g/mol. The van der Waals surface area contributed by atoms with E-state index in [2.05, 4.69) is 60.7 Å². The number of aryl methyl sites for hydroxylation is 1. The maximum absolute atomic E-state index is 3.69. The molecular formula is C16H23N3. The van der Waals surface area contributed by atoms with Crippen LogP contribution in [0.15, 0.2) is 24.3 Å². The fourth-order valence-corrected chi connectivity index (χ4v) is 3.11. The lowest BCUT2D eigenvalue weighted by atomic mass is 10.0. The maximum Gasteiger partial charge on any atom is 0.0459 e. The highest BCUT2D eigenvalue weighted by atomic mass is 15.1. The molecule has 1 atom stereocenters. The second-order valence-corrected chi connectivity index (χ2v) is 6.32. The Morgan fingerprint density at radius 1 is 1.32 bits per heavy atom. The highest BCUT2D eigenvalue weighted by Gasteiger charge is 2.29. The van der Waals surface area contributed by atoms with E-state index < -0.39 is 0 Å². The molecule has 3 nitrogen and oxygen atoms in total. The number of aromatic nitrogens is 1. The highest BCUT2D eigenvalue weighted by Crippen LogP contribution is 2.23. The van der Waals surface area contributed by atoms with Crippen LogP contribution in [0.5, 0.6) is 0 Å². The Morgan fingerprint density at radius 3 is 2.84 bits per heavy atom. The SMILES string of the molecule is Cc1[nH]c2ccccc2c1CNC1CNC(C)(C)C1. The first-order chi connectivity index (χ1) is 9.05. The second kappa shape index (κ2) is 4.66. The number of H-pyrrole nitrogens is 1. The van der Waals surface area contributed by atoms with Crippen molar-refractivity contribution in [3.8, 4) is 0 Å². The van der Waals surface area contributed by atoms with Crippen LogP contribution < -0.4 is 10.6 Å². The van der Waals surface area contributed by atoms with Crippen molar-refractivity contribution in [3.63, 3.8) is 0 Å². The third-order valence-corrected chi connectivity index (χ3v) is 4.18. The summed E-state index contributed by atoms with van der Waals surface area (Å²) in [5.41, 5.74) is 4.19. The van der Waals surface area contributed by atoms with Crippen LogP contribution >= 0.6 is 0 Å². The maximum atomic E-state index is 3.69. The third kappa shape index (κ3) is 2.53. The summed E-state index contributed by atoms with van der Waals surface area (Å²) < 4.78 is 0. The van der Waals surface area contributed by atoms with E-state index in [4.69, 9.17) is 0 Å². The van der Waals surface area contributed by atoms with Gasteiger partial charge in [0.05, 0.1) is 0 Å². The van der Waals surface area contributed by atoms with Gasteiger partial charge in [-0.3, -0.25) is 0 Å². The molecule has 102 valence electrons. The van der Waals surface area contributed by atoms with Crippen LogP contribution in [-0.2, 0) is 6.54 Å². The van der Waals surface area contributed by atoms with E-state index >= 15 is 0 Å². The van der Waals surface area contributed by atoms with Gasteiger partial charge in [-0.2, -0.15) is 0 Å². The zero-order valence-corrected chi connectivity index (χ0v) is 12.0. The fraction of sp³-hybridized carbons (Fsp3) is 0.500. The first-order valence-corrected chi connectivity index (χ1v) is 7.10. The molecule has 1 aromatic heterocycles. The van der Waals surface area contributed by atoms with Crippen molar-refractivity contribution in [1.29, 1.82) is 0 Å². The van der Waals surface area contributed by atoms with E-state index in [-0.39, 0.29) is 5.54 Å². The number of fused-ring (bicyclic) bond motifs is 1. The molecule has 0 bridgehead atoms. The van der Waals surface area contributed by atoms with E-state index in [9.17, 15) is 0 Å². The van der Waals surface area contributed by atoms with Crippen molar-refractivity contribution in [2.45, 2.75) is 45.3 Å². The molecule has 19 heavy (non-hydrogen) atoms. The molecule has 1 aromatic carbocycles. The molecule has 3 heteroatoms. The smallest absolute Gasteiger partial charge is 0.0459 e. The van der Waals surface area contributed by atoms with Gasteiger partial charge >= 0.3 is 0 Å². The molecule has 0 aliphatic carbocycles. The predicted molar refractivity (Wildman–Crippen MR) is 80.4 cm³/mol. The fourth-order valence-electron chi connectivity index (χ4n) is 3.11. The van der Waals surface area contributed by atoms with Gasteiger partial charge in [0.1, 0.15) is 0 Å². The van der Waals surface area contributed by atoms with E-state index in [1.807, 2.05) is 0 Å². The molecule has 2 aromatic rings. The lowest BCUT2D eigenvalue weighted by molar-refractivity contribution is 0.442. The van der Waals surface area contributed by atoms with Crippen molar-refractivity contribution < 1.29 is 0 Å². The van der Waals surface area contributed by atoms with Crippen molar-refractivity contribution in [1.82, 2.24) is 15.6 Å². The molecule has 1 aliphatic rings. The van der Waals surface area contributed by atoms with Gasteiger partial charge in [-0.25, -0.2) is 0 Å². The molecule has 1 fully saturated rings. The molecule has 1 saturated heterocycles. The summed E-state index contributed by atoms with van der Waals surface area (Å²) in [6.07, 6.45) is 1.19. The van der Waals surface area contributed by atoms with Crippen molar-refractivity contribution in [2.75, 3.05) is 6.54 Å². The Kier molecular flexibility index (Phi) is 3.11. The molecule has 1 unspecified atom stereocenters. The van der Waals surface area contributed by atoms with Crippen LogP contribution in [0.2, 0.25) is 0 Å². The first-order valence-electron chi connectivity index (χ1n) is 7.10. The summed E-state index contributed by atoms with van der Waals surface area (Å²) in [7, 11) is 0. The summed E-state index contributed by atoms with van der Waals surface area (Å²) in [6.45, 7) is 8.71. The standard InChI is InChI=1S/C16H23N3/c1-11-14(13-6-4-5-7-15(13)19-11)10-17-12-8-16(2,3)18-9-12/h4-7,12,17-19H,8-10H2,1-3H3. The van der Waals surface area contributed by atoms with E-state index in [1.165, 1.54) is 28.6 Å². The summed E-state index contributed by atoms with van der Waals surface area (Å²) in [6, 6.07) is 9.11. The minimum atomic E-state index is 0.271. The predicted octanol–water partition coefficient (Wildman–Crippen LogP) is 2.71. The van der Waals surface area contributed by atoms with Crippen molar-refractivity contribution in [3.05, 3.63) is 35.5 Å². The van der Waals surface area contributed by atoms with Gasteiger partial charge < -0.3 is 15.6 Å². The number of aromatic amines is 1. The van der Waals surface area contributed by atoms with Gasteiger partial charge in [-0.1, -0.05) is 18.2 Å². The average molecular weight is 257 g/mol. The topological polar surface area (TPSA) is 39.9 Å². The largest absolute Gasteiger partial charge is 0.358 e. The Bertz CT molecular complexity index is 583. The quantitative estimate of drug-likeness (QED) is 0.791. The molecule has 1 aliphatic heterocycles. The van der Waals surface area contributed by atoms with Crippen LogP contribution in [-0.4, -0.2) is 23.1 Å². The Morgan fingerprint density at radius 2 is 2.11 bits per heavy atom. The van der Waals surface area contributed by atoms with Gasteiger partial charge in [-0.15, -0.1) is 0 Å². The number of hydrogen-bond acceptors (Lipinski definition) is 2. The molecule has 0 spiro atoms. The minimum Gasteiger partial charge on any atom is -0.358 e. The summed E-state index contributed by atoms with van der Waals surface area (Å²) in [5.74, 6) is 0. The number of para-hydroxylation sites is 1. The normalized spacial score (nSPS) is 22.2. The Labute approximate surface area is 114 Å². The summed E-state index contributed by atoms with van der Waals surface area (Å²) in [5, 5.41) is 8.59. The molecule has 3 rings (SSSR count). The molecule has 0 amide bonds. The number of hydrogen-bond donors (Lipinski definition) is 3. The number of benzene rings is 1. The van der Waals surface area contributed by atoms with Gasteiger partial charge in [-0.05, 0) is 38.8 Å². The van der Waals surface area contributed by atoms with Crippen LogP contribution in [0.1, 0.15) is 31.5 Å². The highest BCUT2D eigenvalue weighted by molar-refractivity contribution is 5.84. The number of rotatable bonds is 3. The zero-order chi connectivity index (χ0) is 13.5. The van der Waals surface area contributed by atoms with Crippen LogP contribution in [0.25, 0.3) is 10.9 Å². The summed E-state index contributed by atoms with van der Waals surface area (Å²) in [4.78, 5) is 3.46.